The first-order chi connectivity index (χ1) is 26.3. The Labute approximate surface area is 308 Å². The predicted octanol–water partition coefficient (Wildman–Crippen LogP) is 13.6. The molecule has 0 bridgehead atoms. The lowest BCUT2D eigenvalue weighted by Crippen LogP contribution is -1.95. The smallest absolute Gasteiger partial charge is 0.0991 e. The van der Waals surface area contributed by atoms with Crippen molar-refractivity contribution in [2.75, 3.05) is 0 Å². The first-order valence-corrected chi connectivity index (χ1v) is 18.0. The number of benzene rings is 9. The first kappa shape index (κ1) is 30.6. The minimum Gasteiger partial charge on any atom is -0.309 e. The van der Waals surface area contributed by atoms with Crippen molar-refractivity contribution < 1.29 is 0 Å². The van der Waals surface area contributed by atoms with E-state index >= 15 is 0 Å². The lowest BCUT2D eigenvalue weighted by Gasteiger charge is -2.18. The summed E-state index contributed by atoms with van der Waals surface area (Å²) in [5, 5.41) is 17.4. The van der Waals surface area contributed by atoms with E-state index in [1.54, 1.807) is 0 Å². The third kappa shape index (κ3) is 5.02. The summed E-state index contributed by atoms with van der Waals surface area (Å²) in [6, 6.07) is 71.5. The fourth-order valence-corrected chi connectivity index (χ4v) is 8.29. The first-order valence-electron chi connectivity index (χ1n) is 18.0. The van der Waals surface area contributed by atoms with Gasteiger partial charge in [-0.3, -0.25) is 0 Å². The quantitative estimate of drug-likeness (QED) is 0.167. The summed E-state index contributed by atoms with van der Waals surface area (Å²) in [4.78, 5) is 0. The highest BCUT2D eigenvalue weighted by molar-refractivity contribution is 6.21. The van der Waals surface area contributed by atoms with Crippen LogP contribution in [-0.2, 0) is 0 Å². The maximum Gasteiger partial charge on any atom is 0.0991 e. The number of nitrogens with zero attached hydrogens (tertiary/aromatic N) is 2. The van der Waals surface area contributed by atoms with E-state index in [-0.39, 0.29) is 0 Å². The van der Waals surface area contributed by atoms with E-state index in [4.69, 9.17) is 0 Å². The summed E-state index contributed by atoms with van der Waals surface area (Å²) in [5.74, 6) is 0. The molecule has 0 spiro atoms. The maximum absolute atomic E-state index is 9.99. The second-order valence-electron chi connectivity index (χ2n) is 13.6. The van der Waals surface area contributed by atoms with Gasteiger partial charge in [-0.15, -0.1) is 0 Å². The summed E-state index contributed by atoms with van der Waals surface area (Å²) in [6.45, 7) is 0. The van der Waals surface area contributed by atoms with Gasteiger partial charge in [0.2, 0.25) is 0 Å². The molecule has 1 heterocycles. The standard InChI is InChI=1S/C51H32N2/c52-33-34-25-30-40(47(31-34)38-15-12-16-39(32-38)53-48-23-10-8-17-41(48)42-18-9-11-24-49(42)53)35-26-28-37(29-27-35)51-45-21-6-4-19-43(45)50(36-13-2-1-3-14-36)44-20-5-7-22-46(44)51/h1-32H. The van der Waals surface area contributed by atoms with Crippen LogP contribution in [0.2, 0.25) is 0 Å². The zero-order valence-corrected chi connectivity index (χ0v) is 28.9. The Morgan fingerprint density at radius 3 is 1.38 bits per heavy atom. The SMILES string of the molecule is N#Cc1ccc(-c2ccc(-c3c4ccccc4c(-c4ccccc4)c4ccccc34)cc2)c(-c2cccc(-n3c4ccccc4c4ccccc43)c2)c1. The van der Waals surface area contributed by atoms with Gasteiger partial charge in [0.1, 0.15) is 0 Å². The van der Waals surface area contributed by atoms with Crippen LogP contribution in [0, 0.1) is 11.3 Å². The molecule has 10 rings (SSSR count). The molecule has 0 aliphatic heterocycles. The fraction of sp³-hybridized carbons (Fsp3) is 0. The number of hydrogen-bond acceptors (Lipinski definition) is 1. The Balaban J connectivity index is 1.12. The molecule has 10 aromatic rings. The van der Waals surface area contributed by atoms with Crippen molar-refractivity contribution in [1.82, 2.24) is 4.57 Å². The van der Waals surface area contributed by atoms with Crippen LogP contribution in [0.4, 0.5) is 0 Å². The monoisotopic (exact) mass is 672 g/mol. The largest absolute Gasteiger partial charge is 0.309 e. The molecule has 0 atom stereocenters. The van der Waals surface area contributed by atoms with E-state index in [1.165, 1.54) is 65.6 Å². The molecule has 0 radical (unpaired) electrons. The van der Waals surface area contributed by atoms with E-state index in [0.29, 0.717) is 5.56 Å². The van der Waals surface area contributed by atoms with Crippen LogP contribution < -0.4 is 0 Å². The third-order valence-corrected chi connectivity index (χ3v) is 10.6. The van der Waals surface area contributed by atoms with E-state index in [0.717, 1.165) is 27.9 Å². The van der Waals surface area contributed by atoms with Gasteiger partial charge in [-0.05, 0) is 102 Å². The normalized spacial score (nSPS) is 11.4. The third-order valence-electron chi connectivity index (χ3n) is 10.6. The summed E-state index contributed by atoms with van der Waals surface area (Å²) >= 11 is 0. The molecule has 9 aromatic carbocycles. The minimum absolute atomic E-state index is 0.638. The molecule has 2 heteroatoms. The molecular weight excluding hydrogens is 641 g/mol. The molecular formula is C51H32N2. The van der Waals surface area contributed by atoms with Gasteiger partial charge in [-0.25, -0.2) is 0 Å². The zero-order valence-electron chi connectivity index (χ0n) is 28.9. The number of fused-ring (bicyclic) bond motifs is 5. The fourth-order valence-electron chi connectivity index (χ4n) is 8.29. The number of aromatic nitrogens is 1. The Morgan fingerprint density at radius 1 is 0.340 bits per heavy atom. The minimum atomic E-state index is 0.638. The van der Waals surface area contributed by atoms with E-state index in [2.05, 4.69) is 193 Å². The van der Waals surface area contributed by atoms with Crippen LogP contribution in [0.15, 0.2) is 194 Å². The van der Waals surface area contributed by atoms with Crippen molar-refractivity contribution in [3.63, 3.8) is 0 Å². The molecule has 0 aliphatic carbocycles. The highest BCUT2D eigenvalue weighted by Gasteiger charge is 2.18. The number of hydrogen-bond donors (Lipinski definition) is 0. The summed E-state index contributed by atoms with van der Waals surface area (Å²) in [6.07, 6.45) is 0. The number of rotatable bonds is 5. The Bertz CT molecular complexity index is 2940. The molecule has 0 N–H and O–H groups in total. The second kappa shape index (κ2) is 12.5. The van der Waals surface area contributed by atoms with Gasteiger partial charge in [0.15, 0.2) is 0 Å². The molecule has 0 amide bonds. The van der Waals surface area contributed by atoms with Crippen molar-refractivity contribution in [1.29, 1.82) is 5.26 Å². The molecule has 2 nitrogen and oxygen atoms in total. The zero-order chi connectivity index (χ0) is 35.3. The molecule has 0 aliphatic rings. The van der Waals surface area contributed by atoms with Gasteiger partial charge >= 0.3 is 0 Å². The van der Waals surface area contributed by atoms with Crippen molar-refractivity contribution in [3.05, 3.63) is 200 Å². The van der Waals surface area contributed by atoms with Gasteiger partial charge in [-0.2, -0.15) is 5.26 Å². The molecule has 1 aromatic heterocycles. The van der Waals surface area contributed by atoms with Gasteiger partial charge in [-0.1, -0.05) is 158 Å². The van der Waals surface area contributed by atoms with Crippen molar-refractivity contribution in [3.8, 4) is 56.3 Å². The van der Waals surface area contributed by atoms with E-state index in [9.17, 15) is 5.26 Å². The van der Waals surface area contributed by atoms with Gasteiger partial charge in [0.05, 0.1) is 22.7 Å². The maximum atomic E-state index is 9.99. The average molecular weight is 673 g/mol. The van der Waals surface area contributed by atoms with Crippen molar-refractivity contribution in [2.45, 2.75) is 0 Å². The van der Waals surface area contributed by atoms with Gasteiger partial charge in [0.25, 0.3) is 0 Å². The average Bonchev–Trinajstić information content (AvgIpc) is 3.57. The van der Waals surface area contributed by atoms with E-state index in [1.807, 2.05) is 12.1 Å². The summed E-state index contributed by atoms with van der Waals surface area (Å²) in [7, 11) is 0. The molecule has 0 saturated carbocycles. The highest BCUT2D eigenvalue weighted by atomic mass is 15.0. The molecule has 0 unspecified atom stereocenters. The summed E-state index contributed by atoms with van der Waals surface area (Å²) < 4.78 is 2.34. The number of nitriles is 1. The Kier molecular flexibility index (Phi) is 7.23. The summed E-state index contributed by atoms with van der Waals surface area (Å²) in [5.41, 5.74) is 13.2. The lowest BCUT2D eigenvalue weighted by molar-refractivity contribution is 1.18. The van der Waals surface area contributed by atoms with Crippen LogP contribution in [-0.4, -0.2) is 4.57 Å². The predicted molar refractivity (Wildman–Crippen MR) is 222 cm³/mol. The highest BCUT2D eigenvalue weighted by Crippen LogP contribution is 2.44. The van der Waals surface area contributed by atoms with Crippen LogP contribution in [0.1, 0.15) is 5.56 Å². The molecule has 53 heavy (non-hydrogen) atoms. The van der Waals surface area contributed by atoms with Crippen LogP contribution in [0.5, 0.6) is 0 Å². The second-order valence-corrected chi connectivity index (χ2v) is 13.6. The number of para-hydroxylation sites is 2. The van der Waals surface area contributed by atoms with Crippen LogP contribution in [0.25, 0.3) is 93.5 Å². The van der Waals surface area contributed by atoms with Crippen molar-refractivity contribution >= 4 is 43.4 Å². The van der Waals surface area contributed by atoms with Crippen LogP contribution >= 0.6 is 0 Å². The Hall–Kier alpha value is -7.21. The molecule has 0 fully saturated rings. The molecule has 246 valence electrons. The van der Waals surface area contributed by atoms with Crippen molar-refractivity contribution in [2.24, 2.45) is 0 Å². The lowest BCUT2D eigenvalue weighted by atomic mass is 9.85. The van der Waals surface area contributed by atoms with Gasteiger partial charge in [0, 0.05) is 16.5 Å². The Morgan fingerprint density at radius 2 is 0.811 bits per heavy atom. The van der Waals surface area contributed by atoms with E-state index < -0.39 is 0 Å². The molecule has 0 saturated heterocycles. The topological polar surface area (TPSA) is 28.7 Å². The van der Waals surface area contributed by atoms with Gasteiger partial charge < -0.3 is 4.57 Å². The van der Waals surface area contributed by atoms with Crippen LogP contribution in [0.3, 0.4) is 0 Å².